The largest absolute Gasteiger partial charge is 0.451 e. The van der Waals surface area contributed by atoms with Gasteiger partial charge in [0.15, 0.2) is 0 Å². The van der Waals surface area contributed by atoms with Crippen LogP contribution in [0.2, 0.25) is 0 Å². The fourth-order valence-electron chi connectivity index (χ4n) is 2.17. The molecule has 5 nitrogen and oxygen atoms in total. The van der Waals surface area contributed by atoms with Crippen LogP contribution in [0.1, 0.15) is 26.1 Å². The van der Waals surface area contributed by atoms with Crippen LogP contribution in [0.5, 0.6) is 0 Å². The minimum absolute atomic E-state index is 0.0191. The minimum Gasteiger partial charge on any atom is -0.375 e. The monoisotopic (exact) mass is 304 g/mol. The maximum Gasteiger partial charge on any atom is 0.451 e. The molecule has 0 spiro atoms. The number of aromatic nitrogens is 2. The maximum absolute atomic E-state index is 12.9. The van der Waals surface area contributed by atoms with Gasteiger partial charge in [0.25, 0.3) is 0 Å². The van der Waals surface area contributed by atoms with Crippen LogP contribution in [0.3, 0.4) is 0 Å². The molecule has 0 saturated carbocycles. The Morgan fingerprint density at radius 2 is 2.14 bits per heavy atom. The minimum atomic E-state index is -4.56. The summed E-state index contributed by atoms with van der Waals surface area (Å²) in [5.41, 5.74) is 0. The molecule has 118 valence electrons. The van der Waals surface area contributed by atoms with Gasteiger partial charge in [0.1, 0.15) is 11.6 Å². The van der Waals surface area contributed by atoms with E-state index in [0.717, 1.165) is 6.42 Å². The Morgan fingerprint density at radius 1 is 1.38 bits per heavy atom. The molecule has 2 rings (SSSR count). The molecule has 1 aliphatic rings. The molecule has 21 heavy (non-hydrogen) atoms. The Bertz CT molecular complexity index is 481. The van der Waals surface area contributed by atoms with E-state index in [-0.39, 0.29) is 17.7 Å². The number of hydrogen-bond donors (Lipinski definition) is 1. The van der Waals surface area contributed by atoms with Crippen LogP contribution < -0.4 is 10.2 Å². The summed E-state index contributed by atoms with van der Waals surface area (Å²) in [7, 11) is 0. The molecule has 1 saturated heterocycles. The van der Waals surface area contributed by atoms with Gasteiger partial charge in [-0.05, 0) is 13.3 Å². The zero-order valence-electron chi connectivity index (χ0n) is 12.1. The molecule has 1 atom stereocenters. The molecular weight excluding hydrogens is 285 g/mol. The topological polar surface area (TPSA) is 50.3 Å². The van der Waals surface area contributed by atoms with Crippen molar-refractivity contribution in [2.75, 3.05) is 36.5 Å². The Kier molecular flexibility index (Phi) is 4.87. The first-order valence-corrected chi connectivity index (χ1v) is 7.00. The van der Waals surface area contributed by atoms with E-state index in [9.17, 15) is 13.2 Å². The first kappa shape index (κ1) is 15.8. The normalized spacial score (nSPS) is 19.7. The van der Waals surface area contributed by atoms with Gasteiger partial charge in [-0.15, -0.1) is 0 Å². The van der Waals surface area contributed by atoms with Gasteiger partial charge in [0.05, 0.1) is 12.7 Å². The van der Waals surface area contributed by atoms with Gasteiger partial charge in [-0.3, -0.25) is 0 Å². The highest BCUT2D eigenvalue weighted by atomic mass is 19.4. The summed E-state index contributed by atoms with van der Waals surface area (Å²) in [5, 5.41) is 2.82. The Balaban J connectivity index is 2.31. The second kappa shape index (κ2) is 6.46. The third-order valence-corrected chi connectivity index (χ3v) is 3.24. The van der Waals surface area contributed by atoms with Crippen LogP contribution in [-0.2, 0) is 10.9 Å². The number of alkyl halides is 3. The number of halogens is 3. The highest BCUT2D eigenvalue weighted by Gasteiger charge is 2.36. The van der Waals surface area contributed by atoms with Crippen molar-refractivity contribution in [1.29, 1.82) is 0 Å². The van der Waals surface area contributed by atoms with Crippen LogP contribution in [0.15, 0.2) is 6.07 Å². The maximum atomic E-state index is 12.9. The van der Waals surface area contributed by atoms with Crippen LogP contribution in [-0.4, -0.2) is 42.3 Å². The second-order valence-electron chi connectivity index (χ2n) is 4.81. The van der Waals surface area contributed by atoms with Crippen molar-refractivity contribution in [1.82, 2.24) is 9.97 Å². The van der Waals surface area contributed by atoms with Crippen molar-refractivity contribution in [2.24, 2.45) is 0 Å². The molecule has 1 fully saturated rings. The number of ether oxygens (including phenoxy) is 1. The molecule has 1 aromatic rings. The zero-order valence-corrected chi connectivity index (χ0v) is 12.1. The highest BCUT2D eigenvalue weighted by Crippen LogP contribution is 2.29. The fraction of sp³-hybridized carbons (Fsp3) is 0.692. The van der Waals surface area contributed by atoms with E-state index in [1.54, 1.807) is 13.0 Å². The third-order valence-electron chi connectivity index (χ3n) is 3.24. The Morgan fingerprint density at radius 3 is 2.76 bits per heavy atom. The highest BCUT2D eigenvalue weighted by molar-refractivity contribution is 5.50. The molecule has 0 aliphatic carbocycles. The molecular formula is C13H19F3N4O. The van der Waals surface area contributed by atoms with Gasteiger partial charge in [-0.2, -0.15) is 13.2 Å². The van der Waals surface area contributed by atoms with Gasteiger partial charge < -0.3 is 15.0 Å². The quantitative estimate of drug-likeness (QED) is 0.926. The Labute approximate surface area is 121 Å². The van der Waals surface area contributed by atoms with E-state index in [1.165, 1.54) is 0 Å². The summed E-state index contributed by atoms with van der Waals surface area (Å²) >= 11 is 0. The number of nitrogens with zero attached hydrogens (tertiary/aromatic N) is 3. The lowest BCUT2D eigenvalue weighted by molar-refractivity contribution is -0.144. The van der Waals surface area contributed by atoms with Gasteiger partial charge in [0, 0.05) is 25.7 Å². The number of hydrogen-bond acceptors (Lipinski definition) is 5. The molecule has 1 N–H and O–H groups in total. The lowest BCUT2D eigenvalue weighted by atomic mass is 10.2. The van der Waals surface area contributed by atoms with Crippen molar-refractivity contribution >= 4 is 11.6 Å². The van der Waals surface area contributed by atoms with Crippen molar-refractivity contribution in [3.8, 4) is 0 Å². The summed E-state index contributed by atoms with van der Waals surface area (Å²) < 4.78 is 44.2. The van der Waals surface area contributed by atoms with E-state index in [2.05, 4.69) is 15.3 Å². The Hall–Kier alpha value is -1.57. The molecule has 0 radical (unpaired) electrons. The number of morpholine rings is 1. The van der Waals surface area contributed by atoms with E-state index in [0.29, 0.717) is 26.2 Å². The standard InChI is InChI=1S/C13H19F3N4O/c1-3-9-8-20(5-6-21-9)11-7-10(17-4-2)18-12(19-11)13(14,15)16/h7,9H,3-6,8H2,1-2H3,(H,17,18,19). The third kappa shape index (κ3) is 3.96. The number of nitrogens with one attached hydrogen (secondary N) is 1. The summed E-state index contributed by atoms with van der Waals surface area (Å²) in [6.45, 7) is 5.83. The molecule has 2 heterocycles. The molecule has 8 heteroatoms. The summed E-state index contributed by atoms with van der Waals surface area (Å²) in [4.78, 5) is 9.01. The van der Waals surface area contributed by atoms with E-state index < -0.39 is 12.0 Å². The van der Waals surface area contributed by atoms with Crippen molar-refractivity contribution in [3.05, 3.63) is 11.9 Å². The van der Waals surface area contributed by atoms with Crippen LogP contribution in [0.4, 0.5) is 24.8 Å². The van der Waals surface area contributed by atoms with E-state index in [1.807, 2.05) is 11.8 Å². The molecule has 1 aromatic heterocycles. The summed E-state index contributed by atoms with van der Waals surface area (Å²) in [6.07, 6.45) is -3.73. The average molecular weight is 304 g/mol. The lowest BCUT2D eigenvalue weighted by Crippen LogP contribution is -2.42. The first-order valence-electron chi connectivity index (χ1n) is 7.00. The van der Waals surface area contributed by atoms with Crippen LogP contribution in [0.25, 0.3) is 0 Å². The van der Waals surface area contributed by atoms with Crippen LogP contribution >= 0.6 is 0 Å². The molecule has 0 aromatic carbocycles. The zero-order chi connectivity index (χ0) is 15.5. The second-order valence-corrected chi connectivity index (χ2v) is 4.81. The fourth-order valence-corrected chi connectivity index (χ4v) is 2.17. The summed E-state index contributed by atoms with van der Waals surface area (Å²) in [6, 6.07) is 1.55. The van der Waals surface area contributed by atoms with Crippen molar-refractivity contribution < 1.29 is 17.9 Å². The number of anilines is 2. The molecule has 0 bridgehead atoms. The van der Waals surface area contributed by atoms with Crippen LogP contribution in [0, 0.1) is 0 Å². The van der Waals surface area contributed by atoms with E-state index in [4.69, 9.17) is 4.74 Å². The van der Waals surface area contributed by atoms with Gasteiger partial charge >= 0.3 is 6.18 Å². The molecule has 1 unspecified atom stereocenters. The predicted octanol–water partition coefficient (Wildman–Crippen LogP) is 2.54. The lowest BCUT2D eigenvalue weighted by Gasteiger charge is -2.33. The summed E-state index contributed by atoms with van der Waals surface area (Å²) in [5.74, 6) is -0.639. The van der Waals surface area contributed by atoms with Gasteiger partial charge in [0.2, 0.25) is 5.82 Å². The number of rotatable bonds is 4. The average Bonchev–Trinajstić information content (AvgIpc) is 2.46. The molecule has 0 amide bonds. The van der Waals surface area contributed by atoms with Gasteiger partial charge in [-0.25, -0.2) is 9.97 Å². The van der Waals surface area contributed by atoms with Crippen molar-refractivity contribution in [3.63, 3.8) is 0 Å². The van der Waals surface area contributed by atoms with E-state index >= 15 is 0 Å². The smallest absolute Gasteiger partial charge is 0.375 e. The predicted molar refractivity (Wildman–Crippen MR) is 73.4 cm³/mol. The SMILES string of the molecule is CCNc1cc(N2CCOC(CC)C2)nc(C(F)(F)F)n1. The van der Waals surface area contributed by atoms with Gasteiger partial charge in [-0.1, -0.05) is 6.92 Å². The first-order chi connectivity index (χ1) is 9.94. The molecule has 1 aliphatic heterocycles. The van der Waals surface area contributed by atoms with Crippen molar-refractivity contribution in [2.45, 2.75) is 32.5 Å².